The first-order valence-corrected chi connectivity index (χ1v) is 7.85. The maximum Gasteiger partial charge on any atom is 0.239 e. The minimum Gasteiger partial charge on any atom is -0.342 e. The predicted octanol–water partition coefficient (Wildman–Crippen LogP) is 2.92. The normalized spacial score (nSPS) is 22.5. The zero-order chi connectivity index (χ0) is 15.4. The van der Waals surface area contributed by atoms with Gasteiger partial charge in [0, 0.05) is 19.1 Å². The van der Waals surface area contributed by atoms with Crippen molar-refractivity contribution in [1.29, 1.82) is 0 Å². The van der Waals surface area contributed by atoms with Crippen LogP contribution in [0.25, 0.3) is 0 Å². The highest BCUT2D eigenvalue weighted by molar-refractivity contribution is 5.81. The number of nitrogens with zero attached hydrogens (tertiary/aromatic N) is 1. The van der Waals surface area contributed by atoms with Gasteiger partial charge in [0.15, 0.2) is 0 Å². The van der Waals surface area contributed by atoms with Gasteiger partial charge in [-0.2, -0.15) is 0 Å². The summed E-state index contributed by atoms with van der Waals surface area (Å²) in [6.45, 7) is 7.45. The lowest BCUT2D eigenvalue weighted by Crippen LogP contribution is -2.51. The molecule has 116 valence electrons. The zero-order valence-electron chi connectivity index (χ0n) is 13.1. The predicted molar refractivity (Wildman–Crippen MR) is 82.7 cm³/mol. The van der Waals surface area contributed by atoms with Crippen LogP contribution in [0, 0.1) is 5.82 Å². The summed E-state index contributed by atoms with van der Waals surface area (Å²) < 4.78 is 12.9. The number of nitrogens with one attached hydrogen (secondary N) is 1. The monoisotopic (exact) mass is 292 g/mol. The highest BCUT2D eigenvalue weighted by Crippen LogP contribution is 2.37. The topological polar surface area (TPSA) is 32.3 Å². The summed E-state index contributed by atoms with van der Waals surface area (Å²) in [4.78, 5) is 14.0. The molecule has 0 spiro atoms. The van der Waals surface area contributed by atoms with Crippen molar-refractivity contribution in [3.05, 3.63) is 35.6 Å². The molecule has 1 N–H and O–H groups in total. The molecular weight excluding hydrogens is 267 g/mol. The Labute approximate surface area is 126 Å². The Morgan fingerprint density at radius 2 is 1.86 bits per heavy atom. The van der Waals surface area contributed by atoms with Gasteiger partial charge in [-0.1, -0.05) is 12.1 Å². The molecular formula is C17H25FN2O. The van der Waals surface area contributed by atoms with Gasteiger partial charge >= 0.3 is 0 Å². The lowest BCUT2D eigenvalue weighted by Gasteiger charge is -2.38. The molecule has 0 aliphatic heterocycles. The Balaban J connectivity index is 1.79. The number of benzene rings is 1. The van der Waals surface area contributed by atoms with Gasteiger partial charge in [0.1, 0.15) is 5.82 Å². The fourth-order valence-electron chi connectivity index (χ4n) is 3.00. The molecule has 1 amide bonds. The number of amides is 1. The van der Waals surface area contributed by atoms with Gasteiger partial charge in [0.2, 0.25) is 5.91 Å². The first kappa shape index (κ1) is 16.0. The first-order chi connectivity index (χ1) is 10.0. The van der Waals surface area contributed by atoms with Crippen LogP contribution in [0.3, 0.4) is 0 Å². The second-order valence-corrected chi connectivity index (χ2v) is 5.82. The summed E-state index contributed by atoms with van der Waals surface area (Å²) in [5.41, 5.74) is 1.19. The van der Waals surface area contributed by atoms with E-state index in [9.17, 15) is 9.18 Å². The Hall–Kier alpha value is -1.42. The Bertz CT molecular complexity index is 464. The molecule has 1 saturated carbocycles. The summed E-state index contributed by atoms with van der Waals surface area (Å²) >= 11 is 0. The average molecular weight is 292 g/mol. The second kappa shape index (κ2) is 7.03. The summed E-state index contributed by atoms with van der Waals surface area (Å²) in [7, 11) is 0. The molecule has 0 bridgehead atoms. The summed E-state index contributed by atoms with van der Waals surface area (Å²) in [5.74, 6) is 0.468. The molecule has 0 aromatic heterocycles. The molecule has 4 heteroatoms. The Kier molecular flexibility index (Phi) is 5.34. The third kappa shape index (κ3) is 3.82. The SMILES string of the molecule is CCN(CC)C(=O)C(C)NC1CC(c2ccc(F)cc2)C1. The number of rotatable bonds is 6. The van der Waals surface area contributed by atoms with Gasteiger partial charge in [-0.15, -0.1) is 0 Å². The van der Waals surface area contributed by atoms with E-state index in [0.717, 1.165) is 25.9 Å². The van der Waals surface area contributed by atoms with Crippen LogP contribution >= 0.6 is 0 Å². The van der Waals surface area contributed by atoms with Crippen LogP contribution in [0.4, 0.5) is 4.39 Å². The van der Waals surface area contributed by atoms with E-state index in [2.05, 4.69) is 5.32 Å². The maximum absolute atomic E-state index is 12.9. The third-order valence-electron chi connectivity index (χ3n) is 4.41. The van der Waals surface area contributed by atoms with Crippen LogP contribution in [0.15, 0.2) is 24.3 Å². The molecule has 1 fully saturated rings. The van der Waals surface area contributed by atoms with Gasteiger partial charge in [-0.25, -0.2) is 4.39 Å². The molecule has 3 nitrogen and oxygen atoms in total. The van der Waals surface area contributed by atoms with E-state index >= 15 is 0 Å². The number of likely N-dealkylation sites (N-methyl/N-ethyl adjacent to an activating group) is 1. The van der Waals surface area contributed by atoms with Crippen molar-refractivity contribution in [2.45, 2.75) is 51.6 Å². The van der Waals surface area contributed by atoms with Gasteiger partial charge in [-0.3, -0.25) is 4.79 Å². The lowest BCUT2D eigenvalue weighted by molar-refractivity contribution is -0.133. The van der Waals surface area contributed by atoms with Crippen molar-refractivity contribution in [2.24, 2.45) is 0 Å². The van der Waals surface area contributed by atoms with Crippen molar-refractivity contribution in [3.8, 4) is 0 Å². The van der Waals surface area contributed by atoms with Gasteiger partial charge in [0.25, 0.3) is 0 Å². The van der Waals surface area contributed by atoms with E-state index in [0.29, 0.717) is 12.0 Å². The van der Waals surface area contributed by atoms with Crippen molar-refractivity contribution in [3.63, 3.8) is 0 Å². The molecule has 2 rings (SSSR count). The zero-order valence-corrected chi connectivity index (χ0v) is 13.1. The number of carbonyl (C=O) groups is 1. The molecule has 1 aliphatic rings. The van der Waals surface area contributed by atoms with Crippen LogP contribution in [0.5, 0.6) is 0 Å². The molecule has 1 aromatic carbocycles. The van der Waals surface area contributed by atoms with Crippen molar-refractivity contribution < 1.29 is 9.18 Å². The maximum atomic E-state index is 12.9. The van der Waals surface area contributed by atoms with Crippen LogP contribution in [0.2, 0.25) is 0 Å². The van der Waals surface area contributed by atoms with Crippen LogP contribution in [-0.2, 0) is 4.79 Å². The number of hydrogen-bond donors (Lipinski definition) is 1. The third-order valence-corrected chi connectivity index (χ3v) is 4.41. The van der Waals surface area contributed by atoms with Crippen LogP contribution in [-0.4, -0.2) is 36.0 Å². The van der Waals surface area contributed by atoms with E-state index < -0.39 is 0 Å². The molecule has 0 radical (unpaired) electrons. The van der Waals surface area contributed by atoms with Crippen molar-refractivity contribution in [2.75, 3.05) is 13.1 Å². The fraction of sp³-hybridized carbons (Fsp3) is 0.588. The summed E-state index contributed by atoms with van der Waals surface area (Å²) in [5, 5.41) is 3.41. The molecule has 0 heterocycles. The minimum absolute atomic E-state index is 0.135. The molecule has 1 unspecified atom stereocenters. The standard InChI is InChI=1S/C17H25FN2O/c1-4-20(5-2)17(21)12(3)19-16-10-14(11-16)13-6-8-15(18)9-7-13/h6-9,12,14,16,19H,4-5,10-11H2,1-3H3. The number of hydrogen-bond acceptors (Lipinski definition) is 2. The smallest absolute Gasteiger partial charge is 0.239 e. The van der Waals surface area contributed by atoms with Crippen molar-refractivity contribution in [1.82, 2.24) is 10.2 Å². The highest BCUT2D eigenvalue weighted by Gasteiger charge is 2.32. The van der Waals surface area contributed by atoms with Gasteiger partial charge in [0.05, 0.1) is 6.04 Å². The fourth-order valence-corrected chi connectivity index (χ4v) is 3.00. The Morgan fingerprint density at radius 3 is 2.38 bits per heavy atom. The minimum atomic E-state index is -0.189. The molecule has 0 saturated heterocycles. The quantitative estimate of drug-likeness (QED) is 0.874. The van der Waals surface area contributed by atoms with Gasteiger partial charge < -0.3 is 10.2 Å². The van der Waals surface area contributed by atoms with Crippen molar-refractivity contribution >= 4 is 5.91 Å². The molecule has 1 aliphatic carbocycles. The first-order valence-electron chi connectivity index (χ1n) is 7.85. The highest BCUT2D eigenvalue weighted by atomic mass is 19.1. The number of carbonyl (C=O) groups excluding carboxylic acids is 1. The van der Waals surface area contributed by atoms with E-state index in [1.54, 1.807) is 0 Å². The average Bonchev–Trinajstić information content (AvgIpc) is 2.44. The molecule has 21 heavy (non-hydrogen) atoms. The van der Waals surface area contributed by atoms with Crippen LogP contribution < -0.4 is 5.32 Å². The largest absolute Gasteiger partial charge is 0.342 e. The summed E-state index contributed by atoms with van der Waals surface area (Å²) in [6.07, 6.45) is 2.03. The second-order valence-electron chi connectivity index (χ2n) is 5.82. The molecule has 1 atom stereocenters. The molecule has 1 aromatic rings. The van der Waals surface area contributed by atoms with Crippen LogP contribution in [0.1, 0.15) is 45.1 Å². The van der Waals surface area contributed by atoms with Gasteiger partial charge in [-0.05, 0) is 57.2 Å². The Morgan fingerprint density at radius 1 is 1.29 bits per heavy atom. The van der Waals surface area contributed by atoms with E-state index in [1.165, 1.54) is 17.7 Å². The van der Waals surface area contributed by atoms with E-state index in [4.69, 9.17) is 0 Å². The van der Waals surface area contributed by atoms with E-state index in [-0.39, 0.29) is 17.8 Å². The number of halogens is 1. The lowest BCUT2D eigenvalue weighted by atomic mass is 9.75. The van der Waals surface area contributed by atoms with E-state index in [1.807, 2.05) is 37.8 Å². The summed E-state index contributed by atoms with van der Waals surface area (Å²) in [6, 6.07) is 7.01.